The van der Waals surface area contributed by atoms with Gasteiger partial charge in [0, 0.05) is 10.9 Å². The molecule has 2 nitrogen and oxygen atoms in total. The average molecular weight is 295 g/mol. The molecule has 0 aromatic heterocycles. The second-order valence-corrected chi connectivity index (χ2v) is 3.97. The highest BCUT2D eigenvalue weighted by Crippen LogP contribution is 2.36. The topological polar surface area (TPSA) is 38.4 Å². The molecule has 0 heterocycles. The lowest BCUT2D eigenvalue weighted by Crippen LogP contribution is -2.09. The van der Waals surface area contributed by atoms with Gasteiger partial charge >= 0.3 is 6.18 Å². The number of aliphatic imine (C=N–C) groups is 1. The normalized spacial score (nSPS) is 12.9. The van der Waals surface area contributed by atoms with Crippen molar-refractivity contribution in [2.45, 2.75) is 19.5 Å². The van der Waals surface area contributed by atoms with Crippen LogP contribution in [0.25, 0.3) is 0 Å². The average Bonchev–Trinajstić information content (AvgIpc) is 2.19. The highest BCUT2D eigenvalue weighted by Gasteiger charge is 2.33. The zero-order chi connectivity index (χ0) is 12.3. The predicted octanol–water partition coefficient (Wildman–Crippen LogP) is 3.87. The molecule has 0 unspecified atom stereocenters. The summed E-state index contributed by atoms with van der Waals surface area (Å²) in [5.74, 6) is 0.301. The molecular weight excluding hydrogens is 285 g/mol. The third kappa shape index (κ3) is 3.23. The van der Waals surface area contributed by atoms with Gasteiger partial charge < -0.3 is 5.73 Å². The van der Waals surface area contributed by atoms with Gasteiger partial charge in [0.15, 0.2) is 0 Å². The maximum Gasteiger partial charge on any atom is 0.417 e. The Morgan fingerprint density at radius 2 is 2.06 bits per heavy atom. The van der Waals surface area contributed by atoms with Gasteiger partial charge in [-0.1, -0.05) is 22.9 Å². The smallest absolute Gasteiger partial charge is 0.387 e. The number of nitrogens with zero attached hydrogens (tertiary/aromatic N) is 1. The highest BCUT2D eigenvalue weighted by atomic mass is 79.9. The van der Waals surface area contributed by atoms with Gasteiger partial charge in [0.25, 0.3) is 0 Å². The molecule has 1 aromatic rings. The van der Waals surface area contributed by atoms with Crippen molar-refractivity contribution in [2.24, 2.45) is 10.7 Å². The van der Waals surface area contributed by atoms with Crippen LogP contribution in [0.15, 0.2) is 27.7 Å². The van der Waals surface area contributed by atoms with E-state index in [-0.39, 0.29) is 10.2 Å². The lowest BCUT2D eigenvalue weighted by atomic mass is 10.2. The summed E-state index contributed by atoms with van der Waals surface area (Å²) in [7, 11) is 0. The van der Waals surface area contributed by atoms with Gasteiger partial charge in [-0.3, -0.25) is 0 Å². The van der Waals surface area contributed by atoms with Crippen LogP contribution in [0.4, 0.5) is 18.9 Å². The quantitative estimate of drug-likeness (QED) is 0.653. The Morgan fingerprint density at radius 3 is 2.56 bits per heavy atom. The lowest BCUT2D eigenvalue weighted by Gasteiger charge is -2.09. The first-order chi connectivity index (χ1) is 7.34. The number of rotatable bonds is 2. The van der Waals surface area contributed by atoms with E-state index in [9.17, 15) is 13.2 Å². The summed E-state index contributed by atoms with van der Waals surface area (Å²) in [6.07, 6.45) is -3.90. The van der Waals surface area contributed by atoms with Crippen LogP contribution in [-0.2, 0) is 6.18 Å². The van der Waals surface area contributed by atoms with Crippen molar-refractivity contribution in [1.29, 1.82) is 0 Å². The van der Waals surface area contributed by atoms with Gasteiger partial charge in [0.05, 0.1) is 17.1 Å². The maximum atomic E-state index is 12.5. The maximum absolute atomic E-state index is 12.5. The number of hydrogen-bond donors (Lipinski definition) is 1. The molecule has 0 aliphatic rings. The van der Waals surface area contributed by atoms with Crippen LogP contribution in [0.5, 0.6) is 0 Å². The van der Waals surface area contributed by atoms with Crippen molar-refractivity contribution in [3.05, 3.63) is 28.2 Å². The summed E-state index contributed by atoms with van der Waals surface area (Å²) in [6, 6.07) is 3.75. The Labute approximate surface area is 99.5 Å². The number of hydrogen-bond acceptors (Lipinski definition) is 1. The monoisotopic (exact) mass is 294 g/mol. The lowest BCUT2D eigenvalue weighted by molar-refractivity contribution is -0.138. The van der Waals surface area contributed by atoms with Gasteiger partial charge in [-0.15, -0.1) is 0 Å². The van der Waals surface area contributed by atoms with Crippen LogP contribution < -0.4 is 5.73 Å². The van der Waals surface area contributed by atoms with Crippen LogP contribution in [0.3, 0.4) is 0 Å². The molecule has 0 saturated heterocycles. The Morgan fingerprint density at radius 1 is 1.44 bits per heavy atom. The van der Waals surface area contributed by atoms with Gasteiger partial charge in [0.2, 0.25) is 0 Å². The second kappa shape index (κ2) is 4.86. The minimum Gasteiger partial charge on any atom is -0.387 e. The van der Waals surface area contributed by atoms with Crippen LogP contribution >= 0.6 is 15.9 Å². The SMILES string of the molecule is CCC(N)=Nc1ccc(Br)c(C(F)(F)F)c1. The number of halogens is 4. The molecule has 0 fully saturated rings. The zero-order valence-corrected chi connectivity index (χ0v) is 10.1. The second-order valence-electron chi connectivity index (χ2n) is 3.12. The summed E-state index contributed by atoms with van der Waals surface area (Å²) in [6.45, 7) is 1.78. The zero-order valence-electron chi connectivity index (χ0n) is 8.48. The Balaban J connectivity index is 3.18. The van der Waals surface area contributed by atoms with Crippen molar-refractivity contribution >= 4 is 27.5 Å². The van der Waals surface area contributed by atoms with Gasteiger partial charge in [-0.2, -0.15) is 13.2 Å². The van der Waals surface area contributed by atoms with Crippen molar-refractivity contribution in [2.75, 3.05) is 0 Å². The van der Waals surface area contributed by atoms with Crippen molar-refractivity contribution in [1.82, 2.24) is 0 Å². The van der Waals surface area contributed by atoms with Crippen LogP contribution in [-0.4, -0.2) is 5.84 Å². The standard InChI is InChI=1S/C10H10BrF3N2/c1-2-9(15)16-6-3-4-8(11)7(5-6)10(12,13)14/h3-5H,2H2,1H3,(H2,15,16). The van der Waals surface area contributed by atoms with Crippen LogP contribution in [0.2, 0.25) is 0 Å². The predicted molar refractivity (Wildman–Crippen MR) is 60.7 cm³/mol. The minimum absolute atomic E-state index is 0.00554. The molecule has 1 aromatic carbocycles. The summed E-state index contributed by atoms with van der Waals surface area (Å²) in [5, 5.41) is 0. The highest BCUT2D eigenvalue weighted by molar-refractivity contribution is 9.10. The van der Waals surface area contributed by atoms with Crippen LogP contribution in [0, 0.1) is 0 Å². The van der Waals surface area contributed by atoms with Crippen LogP contribution in [0.1, 0.15) is 18.9 Å². The van der Waals surface area contributed by atoms with E-state index in [1.807, 2.05) is 0 Å². The summed E-state index contributed by atoms with van der Waals surface area (Å²) < 4.78 is 37.6. The molecule has 1 rings (SSSR count). The largest absolute Gasteiger partial charge is 0.417 e. The van der Waals surface area contributed by atoms with Crippen molar-refractivity contribution < 1.29 is 13.2 Å². The summed E-state index contributed by atoms with van der Waals surface area (Å²) in [5.41, 5.74) is 4.91. The molecule has 0 bridgehead atoms. The first-order valence-electron chi connectivity index (χ1n) is 4.54. The molecule has 2 N–H and O–H groups in total. The van der Waals surface area contributed by atoms with Crippen molar-refractivity contribution in [3.8, 4) is 0 Å². The van der Waals surface area contributed by atoms with E-state index in [0.717, 1.165) is 6.07 Å². The van der Waals surface area contributed by atoms with Crippen molar-refractivity contribution in [3.63, 3.8) is 0 Å². The fraction of sp³-hybridized carbons (Fsp3) is 0.300. The number of alkyl halides is 3. The first kappa shape index (κ1) is 13.0. The van der Waals surface area contributed by atoms with E-state index in [1.165, 1.54) is 12.1 Å². The number of nitrogens with two attached hydrogens (primary N) is 1. The van der Waals surface area contributed by atoms with Gasteiger partial charge in [-0.25, -0.2) is 4.99 Å². The summed E-state index contributed by atoms with van der Waals surface area (Å²) in [4.78, 5) is 3.87. The molecule has 0 atom stereocenters. The van der Waals surface area contributed by atoms with Gasteiger partial charge in [-0.05, 0) is 18.2 Å². The molecule has 88 valence electrons. The van der Waals surface area contributed by atoms with Gasteiger partial charge in [0.1, 0.15) is 0 Å². The molecule has 0 spiro atoms. The van der Waals surface area contributed by atoms with E-state index in [2.05, 4.69) is 20.9 Å². The Bertz CT molecular complexity index is 413. The minimum atomic E-state index is -4.40. The van der Waals surface area contributed by atoms with E-state index in [1.54, 1.807) is 6.92 Å². The molecule has 0 aliphatic carbocycles. The fourth-order valence-electron chi connectivity index (χ4n) is 1.04. The van der Waals surface area contributed by atoms with E-state index in [4.69, 9.17) is 5.73 Å². The molecule has 6 heteroatoms. The molecule has 16 heavy (non-hydrogen) atoms. The summed E-state index contributed by atoms with van der Waals surface area (Å²) >= 11 is 2.85. The molecule has 0 radical (unpaired) electrons. The number of benzene rings is 1. The third-order valence-corrected chi connectivity index (χ3v) is 2.58. The molecule has 0 amide bonds. The van der Waals surface area contributed by atoms with E-state index < -0.39 is 11.7 Å². The Hall–Kier alpha value is -1.04. The number of amidine groups is 1. The molecular formula is C10H10BrF3N2. The molecule has 0 aliphatic heterocycles. The van der Waals surface area contributed by atoms with E-state index >= 15 is 0 Å². The Kier molecular flexibility index (Phi) is 3.96. The fourth-order valence-corrected chi connectivity index (χ4v) is 1.52. The third-order valence-electron chi connectivity index (χ3n) is 1.89. The first-order valence-corrected chi connectivity index (χ1v) is 5.33. The van der Waals surface area contributed by atoms with E-state index in [0.29, 0.717) is 12.3 Å². The molecule has 0 saturated carbocycles.